The number of halogens is 1. The molecule has 5 rings (SSSR count). The van der Waals surface area contributed by atoms with Crippen LogP contribution < -0.4 is 9.47 Å². The Morgan fingerprint density at radius 1 is 0.694 bits per heavy atom. The quantitative estimate of drug-likeness (QED) is 0.225. The zero-order valence-corrected chi connectivity index (χ0v) is 21.1. The molecule has 4 nitrogen and oxygen atoms in total. The number of para-hydroxylation sites is 1. The highest BCUT2D eigenvalue weighted by Gasteiger charge is 2.20. The van der Waals surface area contributed by atoms with Crippen LogP contribution in [0.5, 0.6) is 11.5 Å². The minimum Gasteiger partial charge on any atom is -0.496 e. The molecule has 0 aliphatic heterocycles. The summed E-state index contributed by atoms with van der Waals surface area (Å²) in [6.07, 6.45) is 1.44. The highest BCUT2D eigenvalue weighted by molar-refractivity contribution is 6.32. The van der Waals surface area contributed by atoms with Gasteiger partial charge in [-0.2, -0.15) is 5.10 Å². The SMILES string of the molecule is COc1cc(OC)c(-c2cc(Cc3ccccc3)nn2-c2ccccc2Cl)cc1Cc1ccccc1. The van der Waals surface area contributed by atoms with Gasteiger partial charge >= 0.3 is 0 Å². The zero-order chi connectivity index (χ0) is 24.9. The van der Waals surface area contributed by atoms with E-state index >= 15 is 0 Å². The van der Waals surface area contributed by atoms with E-state index in [1.807, 2.05) is 59.3 Å². The van der Waals surface area contributed by atoms with Crippen LogP contribution in [0.25, 0.3) is 16.9 Å². The molecule has 4 aromatic carbocycles. The molecule has 1 aromatic heterocycles. The fourth-order valence-electron chi connectivity index (χ4n) is 4.44. The summed E-state index contributed by atoms with van der Waals surface area (Å²) in [4.78, 5) is 0. The smallest absolute Gasteiger partial charge is 0.131 e. The summed E-state index contributed by atoms with van der Waals surface area (Å²) >= 11 is 6.64. The first kappa shape index (κ1) is 23.7. The summed E-state index contributed by atoms with van der Waals surface area (Å²) in [6, 6.07) is 34.7. The van der Waals surface area contributed by atoms with Crippen LogP contribution in [0.2, 0.25) is 5.02 Å². The third-order valence-electron chi connectivity index (χ3n) is 6.18. The lowest BCUT2D eigenvalue weighted by Crippen LogP contribution is -2.03. The van der Waals surface area contributed by atoms with E-state index in [1.165, 1.54) is 11.1 Å². The van der Waals surface area contributed by atoms with Gasteiger partial charge in [-0.3, -0.25) is 0 Å². The normalized spacial score (nSPS) is 10.9. The molecular weight excluding hydrogens is 468 g/mol. The Hall–Kier alpha value is -4.02. The van der Waals surface area contributed by atoms with Gasteiger partial charge in [0.15, 0.2) is 0 Å². The van der Waals surface area contributed by atoms with Crippen LogP contribution in [0.4, 0.5) is 0 Å². The minimum absolute atomic E-state index is 0.630. The Kier molecular flexibility index (Phi) is 7.06. The molecule has 180 valence electrons. The third-order valence-corrected chi connectivity index (χ3v) is 6.50. The second-order valence-electron chi connectivity index (χ2n) is 8.57. The second kappa shape index (κ2) is 10.7. The van der Waals surface area contributed by atoms with Crippen LogP contribution in [0.3, 0.4) is 0 Å². The summed E-state index contributed by atoms with van der Waals surface area (Å²) in [5.41, 5.74) is 7.06. The van der Waals surface area contributed by atoms with Crippen LogP contribution in [0.1, 0.15) is 22.4 Å². The van der Waals surface area contributed by atoms with Crippen molar-refractivity contribution in [2.45, 2.75) is 12.8 Å². The van der Waals surface area contributed by atoms with Crippen LogP contribution in [0.15, 0.2) is 103 Å². The zero-order valence-electron chi connectivity index (χ0n) is 20.3. The number of hydrogen-bond donors (Lipinski definition) is 0. The van der Waals surface area contributed by atoms with Gasteiger partial charge in [-0.15, -0.1) is 0 Å². The van der Waals surface area contributed by atoms with E-state index in [-0.39, 0.29) is 0 Å². The lowest BCUT2D eigenvalue weighted by atomic mass is 9.99. The van der Waals surface area contributed by atoms with Crippen molar-refractivity contribution in [2.75, 3.05) is 14.2 Å². The molecule has 0 bridgehead atoms. The average molecular weight is 495 g/mol. The van der Waals surface area contributed by atoms with Gasteiger partial charge in [-0.05, 0) is 41.0 Å². The van der Waals surface area contributed by atoms with E-state index in [9.17, 15) is 0 Å². The van der Waals surface area contributed by atoms with Crippen molar-refractivity contribution in [3.8, 4) is 28.4 Å². The summed E-state index contributed by atoms with van der Waals surface area (Å²) in [5, 5.41) is 5.62. The van der Waals surface area contributed by atoms with Crippen molar-refractivity contribution in [2.24, 2.45) is 0 Å². The van der Waals surface area contributed by atoms with Crippen molar-refractivity contribution >= 4 is 11.6 Å². The molecule has 0 N–H and O–H groups in total. The van der Waals surface area contributed by atoms with E-state index in [0.717, 1.165) is 40.4 Å². The molecule has 5 aromatic rings. The molecule has 1 heterocycles. The number of benzene rings is 4. The van der Waals surface area contributed by atoms with Gasteiger partial charge in [-0.25, -0.2) is 4.68 Å². The molecule has 0 saturated carbocycles. The molecular formula is C31H27ClN2O2. The Morgan fingerprint density at radius 3 is 1.94 bits per heavy atom. The van der Waals surface area contributed by atoms with Gasteiger partial charge in [0.05, 0.1) is 36.3 Å². The molecule has 0 unspecified atom stereocenters. The first-order chi connectivity index (χ1) is 17.7. The molecule has 0 atom stereocenters. The summed E-state index contributed by atoms with van der Waals surface area (Å²) < 4.78 is 13.5. The topological polar surface area (TPSA) is 36.3 Å². The van der Waals surface area contributed by atoms with Gasteiger partial charge in [0, 0.05) is 24.5 Å². The number of nitrogens with zero attached hydrogens (tertiary/aromatic N) is 2. The van der Waals surface area contributed by atoms with Gasteiger partial charge < -0.3 is 9.47 Å². The van der Waals surface area contributed by atoms with E-state index in [0.29, 0.717) is 17.2 Å². The predicted molar refractivity (Wildman–Crippen MR) is 146 cm³/mol. The molecule has 0 radical (unpaired) electrons. The molecule has 0 amide bonds. The van der Waals surface area contributed by atoms with E-state index in [1.54, 1.807) is 14.2 Å². The highest BCUT2D eigenvalue weighted by Crippen LogP contribution is 2.39. The fraction of sp³-hybridized carbons (Fsp3) is 0.129. The maximum absolute atomic E-state index is 6.64. The van der Waals surface area contributed by atoms with Crippen molar-refractivity contribution in [3.63, 3.8) is 0 Å². The molecule has 36 heavy (non-hydrogen) atoms. The van der Waals surface area contributed by atoms with Crippen molar-refractivity contribution < 1.29 is 9.47 Å². The van der Waals surface area contributed by atoms with Crippen LogP contribution in [0, 0.1) is 0 Å². The Balaban J connectivity index is 1.67. The Bertz CT molecular complexity index is 1460. The number of hydrogen-bond acceptors (Lipinski definition) is 3. The fourth-order valence-corrected chi connectivity index (χ4v) is 4.66. The number of aromatic nitrogens is 2. The molecule has 5 heteroatoms. The van der Waals surface area contributed by atoms with Gasteiger partial charge in [0.2, 0.25) is 0 Å². The molecule has 0 aliphatic rings. The second-order valence-corrected chi connectivity index (χ2v) is 8.98. The van der Waals surface area contributed by atoms with Crippen molar-refractivity contribution in [1.29, 1.82) is 0 Å². The molecule has 0 fully saturated rings. The Morgan fingerprint density at radius 2 is 1.31 bits per heavy atom. The highest BCUT2D eigenvalue weighted by atomic mass is 35.5. The van der Waals surface area contributed by atoms with Crippen LogP contribution >= 0.6 is 11.6 Å². The molecule has 0 saturated heterocycles. The third kappa shape index (κ3) is 5.00. The maximum Gasteiger partial charge on any atom is 0.131 e. The number of ether oxygens (including phenoxy) is 2. The van der Waals surface area contributed by atoms with Crippen molar-refractivity contribution in [3.05, 3.63) is 131 Å². The number of rotatable bonds is 8. The lowest BCUT2D eigenvalue weighted by molar-refractivity contribution is 0.392. The van der Waals surface area contributed by atoms with Gasteiger partial charge in [0.1, 0.15) is 11.5 Å². The van der Waals surface area contributed by atoms with Crippen LogP contribution in [-0.2, 0) is 12.8 Å². The molecule has 0 aliphatic carbocycles. The van der Waals surface area contributed by atoms with Crippen molar-refractivity contribution in [1.82, 2.24) is 9.78 Å². The lowest BCUT2D eigenvalue weighted by Gasteiger charge is -2.16. The average Bonchev–Trinajstić information content (AvgIpc) is 3.33. The number of methoxy groups -OCH3 is 2. The van der Waals surface area contributed by atoms with Gasteiger partial charge in [0.25, 0.3) is 0 Å². The maximum atomic E-state index is 6.64. The largest absolute Gasteiger partial charge is 0.496 e. The van der Waals surface area contributed by atoms with E-state index in [4.69, 9.17) is 26.2 Å². The first-order valence-electron chi connectivity index (χ1n) is 11.8. The summed E-state index contributed by atoms with van der Waals surface area (Å²) in [7, 11) is 3.37. The van der Waals surface area contributed by atoms with E-state index < -0.39 is 0 Å². The predicted octanol–water partition coefficient (Wildman–Crippen LogP) is 7.39. The molecule has 0 spiro atoms. The minimum atomic E-state index is 0.630. The summed E-state index contributed by atoms with van der Waals surface area (Å²) in [5.74, 6) is 1.50. The van der Waals surface area contributed by atoms with Crippen LogP contribution in [-0.4, -0.2) is 24.0 Å². The van der Waals surface area contributed by atoms with E-state index in [2.05, 4.69) is 48.5 Å². The monoisotopic (exact) mass is 494 g/mol. The Labute approximate surface area is 216 Å². The summed E-state index contributed by atoms with van der Waals surface area (Å²) in [6.45, 7) is 0. The standard InChI is InChI=1S/C31H27ClN2O2/c1-35-30-21-31(36-2)26(19-24(30)17-22-11-5-3-6-12-22)29-20-25(18-23-13-7-4-8-14-23)33-34(29)28-16-10-9-15-27(28)32/h3-16,19-21H,17-18H2,1-2H3. The van der Waals surface area contributed by atoms with Gasteiger partial charge in [-0.1, -0.05) is 84.4 Å². The first-order valence-corrected chi connectivity index (χ1v) is 12.2.